The van der Waals surface area contributed by atoms with E-state index in [0.29, 0.717) is 11.2 Å². The van der Waals surface area contributed by atoms with Crippen LogP contribution in [0, 0.1) is 32.1 Å². The first-order valence-corrected chi connectivity index (χ1v) is 8.23. The maximum atomic E-state index is 9.58. The summed E-state index contributed by atoms with van der Waals surface area (Å²) in [4.78, 5) is 4.72. The van der Waals surface area contributed by atoms with Crippen LogP contribution in [0.3, 0.4) is 0 Å². The number of nitrogens with zero attached hydrogens (tertiary/aromatic N) is 3. The lowest BCUT2D eigenvalue weighted by atomic mass is 10.1. The average Bonchev–Trinajstić information content (AvgIpc) is 2.95. The summed E-state index contributed by atoms with van der Waals surface area (Å²) in [5.41, 5.74) is 7.48. The van der Waals surface area contributed by atoms with Gasteiger partial charge in [-0.1, -0.05) is 23.8 Å². The van der Waals surface area contributed by atoms with Crippen LogP contribution in [0.15, 0.2) is 48.5 Å². The molecule has 0 aliphatic carbocycles. The molecule has 2 aromatic carbocycles. The summed E-state index contributed by atoms with van der Waals surface area (Å²) in [6.07, 6.45) is 0. The van der Waals surface area contributed by atoms with E-state index in [-0.39, 0.29) is 0 Å². The number of hydrogen-bond donors (Lipinski definition) is 1. The molecule has 4 rings (SSSR count). The number of pyridine rings is 1. The summed E-state index contributed by atoms with van der Waals surface area (Å²) >= 11 is 0. The van der Waals surface area contributed by atoms with Crippen molar-refractivity contribution in [3.8, 4) is 6.07 Å². The van der Waals surface area contributed by atoms with Crippen LogP contribution in [0.4, 0.5) is 11.5 Å². The fourth-order valence-electron chi connectivity index (χ4n) is 3.13. The third-order valence-corrected chi connectivity index (χ3v) is 4.46. The Morgan fingerprint density at radius 2 is 1.68 bits per heavy atom. The molecule has 0 fully saturated rings. The molecule has 0 radical (unpaired) electrons. The second kappa shape index (κ2) is 5.64. The Morgan fingerprint density at radius 3 is 2.40 bits per heavy atom. The van der Waals surface area contributed by atoms with Crippen molar-refractivity contribution >= 4 is 28.2 Å². The third-order valence-electron chi connectivity index (χ3n) is 4.46. The zero-order chi connectivity index (χ0) is 17.6. The van der Waals surface area contributed by atoms with Crippen molar-refractivity contribution in [2.24, 2.45) is 0 Å². The van der Waals surface area contributed by atoms with Gasteiger partial charge in [-0.15, -0.1) is 0 Å². The van der Waals surface area contributed by atoms with E-state index in [1.165, 1.54) is 5.56 Å². The molecule has 2 aromatic heterocycles. The van der Waals surface area contributed by atoms with Crippen molar-refractivity contribution in [1.29, 1.82) is 5.26 Å². The molecule has 0 saturated carbocycles. The van der Waals surface area contributed by atoms with Gasteiger partial charge in [0.15, 0.2) is 5.65 Å². The summed E-state index contributed by atoms with van der Waals surface area (Å²) in [6, 6.07) is 18.7. The molecule has 0 amide bonds. The summed E-state index contributed by atoms with van der Waals surface area (Å²) in [7, 11) is 0. The van der Waals surface area contributed by atoms with E-state index in [9.17, 15) is 5.26 Å². The molecule has 0 aliphatic heterocycles. The molecule has 0 bridgehead atoms. The van der Waals surface area contributed by atoms with Crippen LogP contribution in [0.1, 0.15) is 22.3 Å². The minimum Gasteiger partial charge on any atom is -0.341 e. The van der Waals surface area contributed by atoms with Gasteiger partial charge in [-0.05, 0) is 62.2 Å². The molecule has 0 aliphatic rings. The molecule has 2 heterocycles. The molecular formula is C21H18N4. The van der Waals surface area contributed by atoms with Gasteiger partial charge in [0, 0.05) is 5.69 Å². The molecule has 0 saturated heterocycles. The van der Waals surface area contributed by atoms with Crippen molar-refractivity contribution < 1.29 is 0 Å². The smallest absolute Gasteiger partial charge is 0.157 e. The van der Waals surface area contributed by atoms with E-state index in [4.69, 9.17) is 4.98 Å². The molecule has 0 unspecified atom stereocenters. The standard InChI is InChI=1S/C21H18N4/c1-13-4-7-16(8-5-13)23-20-11-15(3)17(12-22)21-24-18-10-14(2)6-9-19(18)25(20)21/h4-11,23H,1-3H3. The SMILES string of the molecule is Cc1ccc(Nc2cc(C)c(C#N)c3nc4cc(C)ccc4n23)cc1. The summed E-state index contributed by atoms with van der Waals surface area (Å²) < 4.78 is 2.03. The van der Waals surface area contributed by atoms with Gasteiger partial charge < -0.3 is 5.32 Å². The third kappa shape index (κ3) is 2.50. The van der Waals surface area contributed by atoms with E-state index < -0.39 is 0 Å². The van der Waals surface area contributed by atoms with Gasteiger partial charge in [0.25, 0.3) is 0 Å². The second-order valence-corrected chi connectivity index (χ2v) is 6.45. The Bertz CT molecular complexity index is 1140. The van der Waals surface area contributed by atoms with Crippen LogP contribution in [0.25, 0.3) is 16.7 Å². The first-order chi connectivity index (χ1) is 12.1. The quantitative estimate of drug-likeness (QED) is 0.562. The zero-order valence-corrected chi connectivity index (χ0v) is 14.5. The molecule has 1 N–H and O–H groups in total. The number of hydrogen-bond acceptors (Lipinski definition) is 3. The lowest BCUT2D eigenvalue weighted by Gasteiger charge is -2.12. The Balaban J connectivity index is 2.01. The number of anilines is 2. The zero-order valence-electron chi connectivity index (χ0n) is 14.5. The number of nitriles is 1. The summed E-state index contributed by atoms with van der Waals surface area (Å²) in [6.45, 7) is 6.06. The normalized spacial score (nSPS) is 11.0. The molecule has 122 valence electrons. The highest BCUT2D eigenvalue weighted by atomic mass is 15.1. The fraction of sp³-hybridized carbons (Fsp3) is 0.143. The number of fused-ring (bicyclic) bond motifs is 3. The van der Waals surface area contributed by atoms with Gasteiger partial charge in [-0.2, -0.15) is 5.26 Å². The van der Waals surface area contributed by atoms with Crippen molar-refractivity contribution in [3.05, 3.63) is 70.8 Å². The van der Waals surface area contributed by atoms with Crippen molar-refractivity contribution in [2.75, 3.05) is 5.32 Å². The van der Waals surface area contributed by atoms with E-state index >= 15 is 0 Å². The number of aryl methyl sites for hydroxylation is 3. The first-order valence-electron chi connectivity index (χ1n) is 8.23. The van der Waals surface area contributed by atoms with Gasteiger partial charge in [0.05, 0.1) is 16.6 Å². The Hall–Kier alpha value is -3.32. The molecule has 25 heavy (non-hydrogen) atoms. The molecule has 4 heteroatoms. The lowest BCUT2D eigenvalue weighted by Crippen LogP contribution is -2.02. The molecular weight excluding hydrogens is 308 g/mol. The topological polar surface area (TPSA) is 53.1 Å². The largest absolute Gasteiger partial charge is 0.341 e. The lowest BCUT2D eigenvalue weighted by molar-refractivity contribution is 1.19. The maximum absolute atomic E-state index is 9.58. The van der Waals surface area contributed by atoms with Gasteiger partial charge in [0.2, 0.25) is 0 Å². The number of rotatable bonds is 2. The van der Waals surface area contributed by atoms with Crippen LogP contribution in [0.5, 0.6) is 0 Å². The summed E-state index contributed by atoms with van der Waals surface area (Å²) in [5.74, 6) is 0.904. The Kier molecular flexibility index (Phi) is 3.43. The molecule has 0 spiro atoms. The first kappa shape index (κ1) is 15.2. The van der Waals surface area contributed by atoms with E-state index in [1.807, 2.05) is 24.3 Å². The van der Waals surface area contributed by atoms with Gasteiger partial charge in [0.1, 0.15) is 11.9 Å². The minimum absolute atomic E-state index is 0.614. The van der Waals surface area contributed by atoms with E-state index in [1.54, 1.807) is 0 Å². The van der Waals surface area contributed by atoms with Crippen LogP contribution in [-0.2, 0) is 0 Å². The van der Waals surface area contributed by atoms with E-state index in [2.05, 4.69) is 60.8 Å². The fourth-order valence-corrected chi connectivity index (χ4v) is 3.13. The highest BCUT2D eigenvalue weighted by Gasteiger charge is 2.15. The van der Waals surface area contributed by atoms with Crippen molar-refractivity contribution in [1.82, 2.24) is 9.38 Å². The minimum atomic E-state index is 0.614. The van der Waals surface area contributed by atoms with Gasteiger partial charge >= 0.3 is 0 Å². The van der Waals surface area contributed by atoms with Crippen molar-refractivity contribution in [2.45, 2.75) is 20.8 Å². The molecule has 0 atom stereocenters. The van der Waals surface area contributed by atoms with Crippen LogP contribution < -0.4 is 5.32 Å². The predicted molar refractivity (Wildman–Crippen MR) is 101 cm³/mol. The van der Waals surface area contributed by atoms with Gasteiger partial charge in [-0.3, -0.25) is 4.40 Å². The monoisotopic (exact) mass is 326 g/mol. The van der Waals surface area contributed by atoms with Gasteiger partial charge in [-0.25, -0.2) is 4.98 Å². The Labute approximate surface area is 146 Å². The number of nitrogens with one attached hydrogen (secondary N) is 1. The van der Waals surface area contributed by atoms with E-state index in [0.717, 1.165) is 33.7 Å². The Morgan fingerprint density at radius 1 is 0.960 bits per heavy atom. The molecule has 4 aromatic rings. The van der Waals surface area contributed by atoms with Crippen LogP contribution >= 0.6 is 0 Å². The van der Waals surface area contributed by atoms with Crippen LogP contribution in [-0.4, -0.2) is 9.38 Å². The van der Waals surface area contributed by atoms with Crippen LogP contribution in [0.2, 0.25) is 0 Å². The maximum Gasteiger partial charge on any atom is 0.157 e. The average molecular weight is 326 g/mol. The molecule has 4 nitrogen and oxygen atoms in total. The second-order valence-electron chi connectivity index (χ2n) is 6.45. The number of aromatic nitrogens is 2. The summed E-state index contributed by atoms with van der Waals surface area (Å²) in [5, 5.41) is 13.1. The predicted octanol–water partition coefficient (Wildman–Crippen LogP) is 5.03. The number of benzene rings is 2. The highest BCUT2D eigenvalue weighted by molar-refractivity contribution is 5.86. The highest BCUT2D eigenvalue weighted by Crippen LogP contribution is 2.29. The van der Waals surface area contributed by atoms with Crippen molar-refractivity contribution in [3.63, 3.8) is 0 Å². The number of imidazole rings is 1.